The van der Waals surface area contributed by atoms with Crippen molar-refractivity contribution in [1.29, 1.82) is 0 Å². The Morgan fingerprint density at radius 1 is 1.24 bits per heavy atom. The summed E-state index contributed by atoms with van der Waals surface area (Å²) in [4.78, 5) is 28.2. The molecule has 0 saturated carbocycles. The third-order valence-corrected chi connectivity index (χ3v) is 4.08. The molecule has 1 atom stereocenters. The van der Waals surface area contributed by atoms with Gasteiger partial charge in [0.05, 0.1) is 5.69 Å². The van der Waals surface area contributed by atoms with Crippen LogP contribution in [0.4, 0.5) is 5.69 Å². The highest BCUT2D eigenvalue weighted by molar-refractivity contribution is 6.03. The molecule has 21 heavy (non-hydrogen) atoms. The minimum absolute atomic E-state index is 0.0203. The van der Waals surface area contributed by atoms with Gasteiger partial charge in [-0.25, -0.2) is 0 Å². The average molecular weight is 288 g/mol. The lowest BCUT2D eigenvalue weighted by atomic mass is 10.1. The Labute approximate surface area is 124 Å². The zero-order valence-corrected chi connectivity index (χ0v) is 12.2. The SMILES string of the molecule is C[C@@H]1Oc2ccccc2N(CC(=O)N2CCCCC2)C1=O. The van der Waals surface area contributed by atoms with E-state index in [9.17, 15) is 9.59 Å². The van der Waals surface area contributed by atoms with Crippen molar-refractivity contribution >= 4 is 17.5 Å². The molecular weight excluding hydrogens is 268 g/mol. The van der Waals surface area contributed by atoms with Gasteiger partial charge in [0.15, 0.2) is 6.10 Å². The molecule has 0 N–H and O–H groups in total. The first-order chi connectivity index (χ1) is 10.2. The Balaban J connectivity index is 1.80. The Kier molecular flexibility index (Phi) is 3.82. The quantitative estimate of drug-likeness (QED) is 0.834. The van der Waals surface area contributed by atoms with E-state index in [1.54, 1.807) is 11.8 Å². The summed E-state index contributed by atoms with van der Waals surface area (Å²) in [5.41, 5.74) is 0.686. The van der Waals surface area contributed by atoms with Gasteiger partial charge >= 0.3 is 0 Å². The van der Waals surface area contributed by atoms with Crippen LogP contribution in [-0.4, -0.2) is 42.5 Å². The Hall–Kier alpha value is -2.04. The monoisotopic (exact) mass is 288 g/mol. The highest BCUT2D eigenvalue weighted by Gasteiger charge is 2.33. The number of ether oxygens (including phenoxy) is 1. The minimum Gasteiger partial charge on any atom is -0.479 e. The third-order valence-electron chi connectivity index (χ3n) is 4.08. The number of piperidine rings is 1. The van der Waals surface area contributed by atoms with Crippen LogP contribution in [0, 0.1) is 0 Å². The van der Waals surface area contributed by atoms with Crippen LogP contribution in [0.3, 0.4) is 0 Å². The number of carbonyl (C=O) groups is 2. The van der Waals surface area contributed by atoms with Crippen molar-refractivity contribution in [3.05, 3.63) is 24.3 Å². The molecule has 0 bridgehead atoms. The number of fused-ring (bicyclic) bond motifs is 1. The van der Waals surface area contributed by atoms with Gasteiger partial charge < -0.3 is 9.64 Å². The van der Waals surface area contributed by atoms with Gasteiger partial charge in [-0.15, -0.1) is 0 Å². The maximum atomic E-state index is 12.4. The number of hydrogen-bond donors (Lipinski definition) is 0. The van der Waals surface area contributed by atoms with Gasteiger partial charge in [0, 0.05) is 13.1 Å². The summed E-state index contributed by atoms with van der Waals surface area (Å²) in [6.45, 7) is 3.42. The number of rotatable bonds is 2. The van der Waals surface area contributed by atoms with E-state index in [0.717, 1.165) is 25.9 Å². The molecule has 0 spiro atoms. The Morgan fingerprint density at radius 3 is 2.71 bits per heavy atom. The molecule has 1 aromatic carbocycles. The first-order valence-corrected chi connectivity index (χ1v) is 7.51. The van der Waals surface area contributed by atoms with E-state index in [4.69, 9.17) is 4.74 Å². The number of benzene rings is 1. The second-order valence-corrected chi connectivity index (χ2v) is 5.59. The van der Waals surface area contributed by atoms with Gasteiger partial charge in [0.25, 0.3) is 5.91 Å². The summed E-state index contributed by atoms with van der Waals surface area (Å²) >= 11 is 0. The van der Waals surface area contributed by atoms with E-state index in [0.29, 0.717) is 11.4 Å². The molecule has 1 aromatic rings. The number of para-hydroxylation sites is 2. The van der Waals surface area contributed by atoms with E-state index in [-0.39, 0.29) is 18.4 Å². The first-order valence-electron chi connectivity index (χ1n) is 7.51. The van der Waals surface area contributed by atoms with Crippen LogP contribution in [0.25, 0.3) is 0 Å². The smallest absolute Gasteiger partial charge is 0.268 e. The number of carbonyl (C=O) groups excluding carboxylic acids is 2. The summed E-state index contributed by atoms with van der Waals surface area (Å²) in [7, 11) is 0. The number of likely N-dealkylation sites (tertiary alicyclic amines) is 1. The molecule has 2 amide bonds. The Bertz CT molecular complexity index is 552. The molecule has 0 aromatic heterocycles. The maximum Gasteiger partial charge on any atom is 0.268 e. The van der Waals surface area contributed by atoms with Crippen LogP contribution < -0.4 is 9.64 Å². The largest absolute Gasteiger partial charge is 0.479 e. The zero-order valence-electron chi connectivity index (χ0n) is 12.2. The second kappa shape index (κ2) is 5.76. The number of anilines is 1. The molecule has 2 aliphatic heterocycles. The molecular formula is C16H20N2O3. The van der Waals surface area contributed by atoms with Crippen LogP contribution in [-0.2, 0) is 9.59 Å². The van der Waals surface area contributed by atoms with Gasteiger partial charge in [-0.05, 0) is 38.3 Å². The average Bonchev–Trinajstić information content (AvgIpc) is 2.52. The summed E-state index contributed by atoms with van der Waals surface area (Å²) in [6, 6.07) is 7.37. The fraction of sp³-hybridized carbons (Fsp3) is 0.500. The third kappa shape index (κ3) is 2.73. The highest BCUT2D eigenvalue weighted by Crippen LogP contribution is 2.33. The van der Waals surface area contributed by atoms with Gasteiger partial charge in [-0.1, -0.05) is 12.1 Å². The van der Waals surface area contributed by atoms with E-state index < -0.39 is 6.10 Å². The van der Waals surface area contributed by atoms with Gasteiger partial charge in [-0.3, -0.25) is 14.5 Å². The molecule has 2 heterocycles. The summed E-state index contributed by atoms with van der Waals surface area (Å²) < 4.78 is 5.59. The van der Waals surface area contributed by atoms with E-state index in [2.05, 4.69) is 0 Å². The van der Waals surface area contributed by atoms with Crippen molar-refractivity contribution in [3.8, 4) is 5.75 Å². The topological polar surface area (TPSA) is 49.9 Å². The molecule has 5 nitrogen and oxygen atoms in total. The van der Waals surface area contributed by atoms with Gasteiger partial charge in [0.2, 0.25) is 5.91 Å². The normalized spacial score (nSPS) is 21.8. The van der Waals surface area contributed by atoms with Crippen molar-refractivity contribution < 1.29 is 14.3 Å². The minimum atomic E-state index is -0.547. The fourth-order valence-corrected chi connectivity index (χ4v) is 2.90. The van der Waals surface area contributed by atoms with Crippen LogP contribution >= 0.6 is 0 Å². The predicted molar refractivity (Wildman–Crippen MR) is 79.3 cm³/mol. The number of hydrogen-bond acceptors (Lipinski definition) is 3. The second-order valence-electron chi connectivity index (χ2n) is 5.59. The molecule has 5 heteroatoms. The molecule has 112 valence electrons. The van der Waals surface area contributed by atoms with Crippen LogP contribution in [0.1, 0.15) is 26.2 Å². The molecule has 3 rings (SSSR count). The summed E-state index contributed by atoms with van der Waals surface area (Å²) in [6.07, 6.45) is 2.74. The van der Waals surface area contributed by atoms with Crippen molar-refractivity contribution in [3.63, 3.8) is 0 Å². The standard InChI is InChI=1S/C16H20N2O3/c1-12-16(20)18(13-7-3-4-8-14(13)21-12)11-15(19)17-9-5-2-6-10-17/h3-4,7-8,12H,2,5-6,9-11H2,1H3/t12-/m0/s1. The van der Waals surface area contributed by atoms with Gasteiger partial charge in [-0.2, -0.15) is 0 Å². The van der Waals surface area contributed by atoms with Crippen molar-refractivity contribution in [2.75, 3.05) is 24.5 Å². The lowest BCUT2D eigenvalue weighted by molar-refractivity contribution is -0.133. The highest BCUT2D eigenvalue weighted by atomic mass is 16.5. The number of nitrogens with zero attached hydrogens (tertiary/aromatic N) is 2. The lowest BCUT2D eigenvalue weighted by Crippen LogP contribution is -2.50. The van der Waals surface area contributed by atoms with Gasteiger partial charge in [0.1, 0.15) is 12.3 Å². The van der Waals surface area contributed by atoms with E-state index in [1.807, 2.05) is 29.2 Å². The lowest BCUT2D eigenvalue weighted by Gasteiger charge is -2.34. The molecule has 1 saturated heterocycles. The van der Waals surface area contributed by atoms with Crippen LogP contribution in [0.15, 0.2) is 24.3 Å². The van der Waals surface area contributed by atoms with E-state index in [1.165, 1.54) is 6.42 Å². The molecule has 0 radical (unpaired) electrons. The zero-order chi connectivity index (χ0) is 14.8. The van der Waals surface area contributed by atoms with Crippen molar-refractivity contribution in [2.45, 2.75) is 32.3 Å². The maximum absolute atomic E-state index is 12.4. The summed E-state index contributed by atoms with van der Waals surface area (Å²) in [5, 5.41) is 0. The van der Waals surface area contributed by atoms with Crippen LogP contribution in [0.5, 0.6) is 5.75 Å². The van der Waals surface area contributed by atoms with Crippen molar-refractivity contribution in [2.24, 2.45) is 0 Å². The predicted octanol–water partition coefficient (Wildman–Crippen LogP) is 1.81. The molecule has 2 aliphatic rings. The number of amides is 2. The molecule has 1 fully saturated rings. The molecule has 0 aliphatic carbocycles. The van der Waals surface area contributed by atoms with Crippen molar-refractivity contribution in [1.82, 2.24) is 4.90 Å². The van der Waals surface area contributed by atoms with E-state index >= 15 is 0 Å². The van der Waals surface area contributed by atoms with Crippen LogP contribution in [0.2, 0.25) is 0 Å². The first kappa shape index (κ1) is 13.9. The summed E-state index contributed by atoms with van der Waals surface area (Å²) in [5.74, 6) is 0.530. The fourth-order valence-electron chi connectivity index (χ4n) is 2.90. The Morgan fingerprint density at radius 2 is 1.95 bits per heavy atom. The molecule has 0 unspecified atom stereocenters.